The highest BCUT2D eigenvalue weighted by atomic mass is 32.1. The van der Waals surface area contributed by atoms with Crippen LogP contribution in [0.2, 0.25) is 0 Å². The fraction of sp³-hybridized carbons (Fsp3) is 0.353. The fourth-order valence-electron chi connectivity index (χ4n) is 2.84. The first-order valence-electron chi connectivity index (χ1n) is 7.18. The third-order valence-corrected chi connectivity index (χ3v) is 4.79. The Morgan fingerprint density at radius 3 is 2.80 bits per heavy atom. The molecule has 2 aromatic rings. The van der Waals surface area contributed by atoms with Crippen LogP contribution in [-0.2, 0) is 0 Å². The van der Waals surface area contributed by atoms with Crippen LogP contribution in [0.3, 0.4) is 0 Å². The second-order valence-electron chi connectivity index (χ2n) is 5.53. The third kappa shape index (κ3) is 2.63. The van der Waals surface area contributed by atoms with Crippen molar-refractivity contribution < 1.29 is 4.79 Å². The molecule has 1 amide bonds. The molecule has 1 aliphatic heterocycles. The van der Waals surface area contributed by atoms with Crippen molar-refractivity contribution in [3.63, 3.8) is 0 Å². The van der Waals surface area contributed by atoms with Gasteiger partial charge in [-0.1, -0.05) is 37.3 Å². The van der Waals surface area contributed by atoms with Crippen molar-refractivity contribution >= 4 is 17.2 Å². The van der Waals surface area contributed by atoms with Crippen molar-refractivity contribution in [1.82, 2.24) is 4.90 Å². The summed E-state index contributed by atoms with van der Waals surface area (Å²) in [4.78, 5) is 15.6. The Morgan fingerprint density at radius 1 is 1.25 bits per heavy atom. The van der Waals surface area contributed by atoms with E-state index < -0.39 is 0 Å². The third-order valence-electron chi connectivity index (χ3n) is 3.89. The Bertz CT molecular complexity index is 590. The van der Waals surface area contributed by atoms with Crippen LogP contribution in [0.15, 0.2) is 41.8 Å². The summed E-state index contributed by atoms with van der Waals surface area (Å²) in [5.41, 5.74) is 2.20. The molecule has 3 rings (SSSR count). The minimum absolute atomic E-state index is 0.199. The number of rotatable bonds is 2. The molecular formula is C17H19NOS. The number of carbonyl (C=O) groups excluding carboxylic acids is 1. The lowest BCUT2D eigenvalue weighted by Crippen LogP contribution is -2.38. The van der Waals surface area contributed by atoms with E-state index in [4.69, 9.17) is 0 Å². The highest BCUT2D eigenvalue weighted by molar-refractivity contribution is 7.12. The van der Waals surface area contributed by atoms with E-state index in [1.807, 2.05) is 28.5 Å². The van der Waals surface area contributed by atoms with Crippen molar-refractivity contribution in [3.05, 3.63) is 46.7 Å². The second-order valence-corrected chi connectivity index (χ2v) is 6.44. The number of piperidine rings is 1. The zero-order valence-electron chi connectivity index (χ0n) is 11.7. The summed E-state index contributed by atoms with van der Waals surface area (Å²) in [6.45, 7) is 4.02. The molecule has 20 heavy (non-hydrogen) atoms. The predicted octanol–water partition coefficient (Wildman–Crippen LogP) is 4.29. The zero-order valence-corrected chi connectivity index (χ0v) is 12.5. The molecule has 1 fully saturated rings. The summed E-state index contributed by atoms with van der Waals surface area (Å²) in [6, 6.07) is 12.2. The number of hydrogen-bond acceptors (Lipinski definition) is 2. The summed E-state index contributed by atoms with van der Waals surface area (Å²) < 4.78 is 0. The molecule has 0 radical (unpaired) electrons. The van der Waals surface area contributed by atoms with Crippen LogP contribution in [0, 0.1) is 5.92 Å². The number of hydrogen-bond donors (Lipinski definition) is 0. The van der Waals surface area contributed by atoms with Crippen LogP contribution in [0.4, 0.5) is 0 Å². The van der Waals surface area contributed by atoms with Crippen LogP contribution < -0.4 is 0 Å². The lowest BCUT2D eigenvalue weighted by atomic mass is 9.99. The number of benzene rings is 1. The van der Waals surface area contributed by atoms with E-state index in [0.717, 1.165) is 35.5 Å². The first-order chi connectivity index (χ1) is 9.75. The minimum atomic E-state index is 0.199. The Morgan fingerprint density at radius 2 is 2.05 bits per heavy atom. The Kier molecular flexibility index (Phi) is 3.88. The molecule has 1 saturated heterocycles. The molecule has 1 aliphatic rings. The Labute approximate surface area is 124 Å². The highest BCUT2D eigenvalue weighted by Crippen LogP contribution is 2.30. The molecule has 1 aromatic carbocycles. The van der Waals surface area contributed by atoms with Gasteiger partial charge in [0.1, 0.15) is 0 Å². The zero-order chi connectivity index (χ0) is 13.9. The van der Waals surface area contributed by atoms with Crippen LogP contribution in [0.5, 0.6) is 0 Å². The molecule has 3 heteroatoms. The maximum absolute atomic E-state index is 12.7. The number of carbonyl (C=O) groups is 1. The predicted molar refractivity (Wildman–Crippen MR) is 84.1 cm³/mol. The number of amides is 1. The topological polar surface area (TPSA) is 20.3 Å². The molecule has 0 aliphatic carbocycles. The molecule has 0 spiro atoms. The van der Waals surface area contributed by atoms with E-state index in [1.165, 1.54) is 6.42 Å². The van der Waals surface area contributed by atoms with Gasteiger partial charge < -0.3 is 4.90 Å². The van der Waals surface area contributed by atoms with Gasteiger partial charge in [-0.15, -0.1) is 11.3 Å². The lowest BCUT2D eigenvalue weighted by molar-refractivity contribution is 0.0688. The molecule has 1 atom stereocenters. The standard InChI is InChI=1S/C17H19NOS/c1-13-6-5-10-18(12-13)17(19)16-15(9-11-20-16)14-7-3-2-4-8-14/h2-4,7-9,11,13H,5-6,10,12H2,1H3. The monoisotopic (exact) mass is 285 g/mol. The number of nitrogens with zero attached hydrogens (tertiary/aromatic N) is 1. The van der Waals surface area contributed by atoms with Gasteiger partial charge in [-0.25, -0.2) is 0 Å². The van der Waals surface area contributed by atoms with Gasteiger partial charge in [-0.2, -0.15) is 0 Å². The minimum Gasteiger partial charge on any atom is -0.338 e. The molecule has 2 nitrogen and oxygen atoms in total. The summed E-state index contributed by atoms with van der Waals surface area (Å²) in [7, 11) is 0. The first kappa shape index (κ1) is 13.4. The van der Waals surface area contributed by atoms with Gasteiger partial charge in [0.25, 0.3) is 5.91 Å². The van der Waals surface area contributed by atoms with Gasteiger partial charge in [-0.3, -0.25) is 4.79 Å². The second kappa shape index (κ2) is 5.80. The van der Waals surface area contributed by atoms with Crippen LogP contribution in [-0.4, -0.2) is 23.9 Å². The molecule has 104 valence electrons. The van der Waals surface area contributed by atoms with Crippen molar-refractivity contribution in [2.24, 2.45) is 5.92 Å². The smallest absolute Gasteiger partial charge is 0.264 e. The first-order valence-corrected chi connectivity index (χ1v) is 8.06. The van der Waals surface area contributed by atoms with Gasteiger partial charge in [0.2, 0.25) is 0 Å². The van der Waals surface area contributed by atoms with Crippen LogP contribution in [0.25, 0.3) is 11.1 Å². The summed E-state index contributed by atoms with van der Waals surface area (Å²) in [5.74, 6) is 0.818. The quantitative estimate of drug-likeness (QED) is 0.806. The van der Waals surface area contributed by atoms with E-state index in [9.17, 15) is 4.79 Å². The van der Waals surface area contributed by atoms with Crippen LogP contribution in [0.1, 0.15) is 29.4 Å². The van der Waals surface area contributed by atoms with E-state index in [2.05, 4.69) is 25.1 Å². The summed E-state index contributed by atoms with van der Waals surface area (Å²) in [6.07, 6.45) is 2.36. The van der Waals surface area contributed by atoms with Crippen molar-refractivity contribution in [3.8, 4) is 11.1 Å². The SMILES string of the molecule is CC1CCCN(C(=O)c2sccc2-c2ccccc2)C1. The Balaban J connectivity index is 1.88. The Hall–Kier alpha value is -1.61. The number of likely N-dealkylation sites (tertiary alicyclic amines) is 1. The number of thiophene rings is 1. The van der Waals surface area contributed by atoms with Gasteiger partial charge in [0.15, 0.2) is 0 Å². The van der Waals surface area contributed by atoms with Gasteiger partial charge >= 0.3 is 0 Å². The molecule has 1 aromatic heterocycles. The van der Waals surface area contributed by atoms with Crippen LogP contribution >= 0.6 is 11.3 Å². The van der Waals surface area contributed by atoms with Crippen molar-refractivity contribution in [2.45, 2.75) is 19.8 Å². The van der Waals surface area contributed by atoms with Crippen molar-refractivity contribution in [2.75, 3.05) is 13.1 Å². The maximum atomic E-state index is 12.7. The fourth-order valence-corrected chi connectivity index (χ4v) is 3.72. The van der Waals surface area contributed by atoms with E-state index >= 15 is 0 Å². The molecular weight excluding hydrogens is 266 g/mol. The van der Waals surface area contributed by atoms with E-state index in [-0.39, 0.29) is 5.91 Å². The van der Waals surface area contributed by atoms with Gasteiger partial charge in [-0.05, 0) is 35.8 Å². The van der Waals surface area contributed by atoms with Gasteiger partial charge in [0.05, 0.1) is 4.88 Å². The largest absolute Gasteiger partial charge is 0.338 e. The highest BCUT2D eigenvalue weighted by Gasteiger charge is 2.24. The molecule has 0 bridgehead atoms. The average Bonchev–Trinajstić information content (AvgIpc) is 2.97. The van der Waals surface area contributed by atoms with E-state index in [0.29, 0.717) is 5.92 Å². The molecule has 1 unspecified atom stereocenters. The molecule has 2 heterocycles. The maximum Gasteiger partial charge on any atom is 0.264 e. The average molecular weight is 285 g/mol. The van der Waals surface area contributed by atoms with Gasteiger partial charge in [0, 0.05) is 18.7 Å². The van der Waals surface area contributed by atoms with E-state index in [1.54, 1.807) is 11.3 Å². The van der Waals surface area contributed by atoms with Crippen molar-refractivity contribution in [1.29, 1.82) is 0 Å². The lowest BCUT2D eigenvalue weighted by Gasteiger charge is -2.30. The summed E-state index contributed by atoms with van der Waals surface area (Å²) >= 11 is 1.56. The molecule has 0 saturated carbocycles. The molecule has 0 N–H and O–H groups in total. The summed E-state index contributed by atoms with van der Waals surface area (Å²) in [5, 5.41) is 2.02. The normalized spacial score (nSPS) is 19.1.